The van der Waals surface area contributed by atoms with E-state index >= 15 is 4.39 Å². The van der Waals surface area contributed by atoms with E-state index in [1.165, 1.54) is 59.1 Å². The normalized spacial score (nSPS) is 19.4. The molecule has 2 aromatic carbocycles. The number of amides is 1. The summed E-state index contributed by atoms with van der Waals surface area (Å²) in [7, 11) is 0. The number of carboxylic acid groups (broad SMARTS) is 1. The first-order valence-electron chi connectivity index (χ1n) is 18.6. The number of ether oxygens (including phenoxy) is 5. The van der Waals surface area contributed by atoms with E-state index in [4.69, 9.17) is 28.9 Å². The molecule has 1 aromatic heterocycles. The van der Waals surface area contributed by atoms with Gasteiger partial charge in [0.2, 0.25) is 12.2 Å². The highest BCUT2D eigenvalue weighted by Gasteiger charge is 2.47. The van der Waals surface area contributed by atoms with Gasteiger partial charge < -0.3 is 33.7 Å². The fraction of sp³-hybridized carbons (Fsp3) is 0.425. The average Bonchev–Trinajstić information content (AvgIpc) is 3.72. The third kappa shape index (κ3) is 12.4. The summed E-state index contributed by atoms with van der Waals surface area (Å²) >= 11 is 1.23. The van der Waals surface area contributed by atoms with Crippen molar-refractivity contribution in [3.05, 3.63) is 101 Å². The average molecular weight is 842 g/mol. The van der Waals surface area contributed by atoms with Crippen LogP contribution in [0.15, 0.2) is 67.3 Å². The number of carbonyl (C=O) groups excluding carboxylic acids is 3. The number of rotatable bonds is 16. The van der Waals surface area contributed by atoms with Gasteiger partial charge in [0.25, 0.3) is 0 Å². The summed E-state index contributed by atoms with van der Waals surface area (Å²) in [5.41, 5.74) is -1.67. The number of nitriles is 1. The molecule has 0 radical (unpaired) electrons. The molecule has 0 bridgehead atoms. The molecule has 2 saturated heterocycles. The maximum absolute atomic E-state index is 15.8. The summed E-state index contributed by atoms with van der Waals surface area (Å²) in [5, 5.41) is 21.0. The highest BCUT2D eigenvalue weighted by molar-refractivity contribution is 8.00. The lowest BCUT2D eigenvalue weighted by atomic mass is 9.89. The second-order valence-electron chi connectivity index (χ2n) is 13.7. The molecule has 59 heavy (non-hydrogen) atoms. The Labute approximate surface area is 341 Å². The van der Waals surface area contributed by atoms with Gasteiger partial charge >= 0.3 is 18.1 Å². The molecule has 15 nitrogen and oxygen atoms in total. The van der Waals surface area contributed by atoms with E-state index in [1.54, 1.807) is 25.2 Å². The van der Waals surface area contributed by atoms with Crippen molar-refractivity contribution >= 4 is 41.8 Å². The van der Waals surface area contributed by atoms with Crippen molar-refractivity contribution in [3.63, 3.8) is 0 Å². The number of thioether (sulfide) groups is 1. The third-order valence-electron chi connectivity index (χ3n) is 9.55. The van der Waals surface area contributed by atoms with E-state index in [-0.39, 0.29) is 73.5 Å². The Kier molecular flexibility index (Phi) is 15.7. The molecule has 5 rings (SSSR count). The summed E-state index contributed by atoms with van der Waals surface area (Å²) in [4.78, 5) is 55.4. The molecule has 0 spiro atoms. The fourth-order valence-electron chi connectivity index (χ4n) is 6.44. The van der Waals surface area contributed by atoms with Gasteiger partial charge in [-0.2, -0.15) is 10.4 Å². The molecule has 1 N–H and O–H groups in total. The largest absolute Gasteiger partial charge is 0.512 e. The van der Waals surface area contributed by atoms with Crippen LogP contribution >= 0.6 is 11.8 Å². The number of likely N-dealkylation sites (tertiary alicyclic amines) is 1. The van der Waals surface area contributed by atoms with E-state index < -0.39 is 64.9 Å². The number of aliphatic carboxylic acids is 1. The van der Waals surface area contributed by atoms with Crippen molar-refractivity contribution in [1.29, 1.82) is 5.26 Å². The van der Waals surface area contributed by atoms with Crippen molar-refractivity contribution in [2.24, 2.45) is 5.92 Å². The summed E-state index contributed by atoms with van der Waals surface area (Å²) in [6.45, 7) is 3.37. The van der Waals surface area contributed by atoms with Gasteiger partial charge in [0.1, 0.15) is 30.1 Å². The Morgan fingerprint density at radius 2 is 1.78 bits per heavy atom. The molecule has 0 saturated carbocycles. The second kappa shape index (κ2) is 20.8. The zero-order valence-corrected chi connectivity index (χ0v) is 32.9. The van der Waals surface area contributed by atoms with E-state index in [9.17, 15) is 33.1 Å². The smallest absolute Gasteiger partial charge is 0.481 e. The van der Waals surface area contributed by atoms with E-state index in [0.717, 1.165) is 18.2 Å². The SMILES string of the molecule is CC(OC(=O)CCC(=O)N1CCC(C(=O)O)CC1)OC(=O)O[C@@](Cn1cncn1)(c1ccc(F)cc1F)[C@@H](C)SC1COC(/C=C/C=C/c2ccc(C#N)cc2F)OC1. The van der Waals surface area contributed by atoms with Gasteiger partial charge in [0.05, 0.1) is 49.0 Å². The van der Waals surface area contributed by atoms with Gasteiger partial charge in [-0.1, -0.05) is 24.3 Å². The lowest BCUT2D eigenvalue weighted by molar-refractivity contribution is -0.172. The van der Waals surface area contributed by atoms with Gasteiger partial charge in [-0.15, -0.1) is 11.8 Å². The molecule has 3 heterocycles. The number of nitrogens with zero attached hydrogens (tertiary/aromatic N) is 5. The van der Waals surface area contributed by atoms with Crippen LogP contribution in [0.1, 0.15) is 56.2 Å². The van der Waals surface area contributed by atoms with E-state index in [1.807, 2.05) is 6.07 Å². The molecule has 1 unspecified atom stereocenters. The molecule has 1 amide bonds. The van der Waals surface area contributed by atoms with Crippen molar-refractivity contribution in [2.75, 3.05) is 26.3 Å². The molecule has 2 fully saturated rings. The van der Waals surface area contributed by atoms with Crippen LogP contribution in [-0.2, 0) is 50.2 Å². The molecular formula is C40H42F3N5O10S. The van der Waals surface area contributed by atoms with Gasteiger partial charge in [-0.25, -0.2) is 27.6 Å². The second-order valence-corrected chi connectivity index (χ2v) is 15.3. The minimum Gasteiger partial charge on any atom is -0.481 e. The maximum atomic E-state index is 15.8. The topological polar surface area (TPSA) is 192 Å². The van der Waals surface area contributed by atoms with Gasteiger partial charge in [0, 0.05) is 48.9 Å². The predicted octanol–water partition coefficient (Wildman–Crippen LogP) is 5.74. The Morgan fingerprint density at radius 3 is 2.42 bits per heavy atom. The number of carbonyl (C=O) groups is 4. The molecule has 314 valence electrons. The molecule has 19 heteroatoms. The Hall–Kier alpha value is -5.71. The predicted molar refractivity (Wildman–Crippen MR) is 203 cm³/mol. The summed E-state index contributed by atoms with van der Waals surface area (Å²) in [6.07, 6.45) is 5.31. The van der Waals surface area contributed by atoms with Crippen LogP contribution in [0.3, 0.4) is 0 Å². The van der Waals surface area contributed by atoms with Crippen LogP contribution in [0.2, 0.25) is 0 Å². The van der Waals surface area contributed by atoms with Crippen molar-refractivity contribution in [3.8, 4) is 6.07 Å². The standard InChI is InChI=1S/C40H42F3N5O10S/c1-25(59-31-20-54-37(55-21-31)6-4-3-5-28-8-7-27(19-44)17-33(28)42)40(22-48-24-45-23-46-48,32-10-9-30(41)18-34(32)43)58-39(53)57-26(2)56-36(50)12-11-35(49)47-15-13-29(14-16-47)38(51)52/h3-10,17-18,23-26,29,31,37H,11-16,20-22H2,1-2H3,(H,51,52)/b5-3+,6-4+/t25-,26?,31?,37?,40-/m1/s1. The molecule has 2 aliphatic heterocycles. The number of aromatic nitrogens is 3. The number of halogens is 3. The number of benzene rings is 2. The van der Waals surface area contributed by atoms with Crippen LogP contribution in [0, 0.1) is 34.7 Å². The zero-order valence-electron chi connectivity index (χ0n) is 32.1. The number of allylic oxidation sites excluding steroid dienone is 2. The van der Waals surface area contributed by atoms with Crippen molar-refractivity contribution < 1.29 is 61.1 Å². The maximum Gasteiger partial charge on any atom is 0.512 e. The van der Waals surface area contributed by atoms with Gasteiger partial charge in [0.15, 0.2) is 11.9 Å². The molecule has 0 aliphatic carbocycles. The number of carboxylic acids is 1. The Morgan fingerprint density at radius 1 is 1.03 bits per heavy atom. The van der Waals surface area contributed by atoms with Crippen LogP contribution in [0.5, 0.6) is 0 Å². The van der Waals surface area contributed by atoms with E-state index in [2.05, 4.69) is 10.1 Å². The first kappa shape index (κ1) is 44.4. The minimum atomic E-state index is -1.94. The number of piperidine rings is 1. The molecule has 2 aliphatic rings. The third-order valence-corrected chi connectivity index (χ3v) is 11.0. The number of hydrogen-bond donors (Lipinski definition) is 1. The molecule has 3 aromatic rings. The van der Waals surface area contributed by atoms with Crippen LogP contribution < -0.4 is 0 Å². The summed E-state index contributed by atoms with van der Waals surface area (Å²) in [5.74, 6) is -5.10. The van der Waals surface area contributed by atoms with Crippen molar-refractivity contribution in [2.45, 2.75) is 74.8 Å². The van der Waals surface area contributed by atoms with E-state index in [0.29, 0.717) is 18.9 Å². The highest BCUT2D eigenvalue weighted by Crippen LogP contribution is 2.42. The number of hydrogen-bond acceptors (Lipinski definition) is 13. The van der Waals surface area contributed by atoms with Crippen LogP contribution in [0.25, 0.3) is 6.08 Å². The fourth-order valence-corrected chi connectivity index (χ4v) is 7.81. The molecular weight excluding hydrogens is 800 g/mol. The van der Waals surface area contributed by atoms with Gasteiger partial charge in [-0.05, 0) is 50.1 Å². The number of esters is 1. The molecule has 3 atom stereocenters. The monoisotopic (exact) mass is 841 g/mol. The quantitative estimate of drug-likeness (QED) is 0.104. The highest BCUT2D eigenvalue weighted by atomic mass is 32.2. The van der Waals surface area contributed by atoms with Crippen LogP contribution in [0.4, 0.5) is 18.0 Å². The summed E-state index contributed by atoms with van der Waals surface area (Å²) < 4.78 is 73.6. The lowest BCUT2D eigenvalue weighted by Crippen LogP contribution is -2.47. The Bertz CT molecular complexity index is 2050. The first-order valence-corrected chi connectivity index (χ1v) is 19.5. The van der Waals surface area contributed by atoms with Gasteiger partial charge in [-0.3, -0.25) is 14.4 Å². The first-order chi connectivity index (χ1) is 28.3. The minimum absolute atomic E-state index is 0.143. The van der Waals surface area contributed by atoms with Crippen molar-refractivity contribution in [1.82, 2.24) is 19.7 Å². The summed E-state index contributed by atoms with van der Waals surface area (Å²) in [6, 6.07) is 8.80. The lowest BCUT2D eigenvalue weighted by Gasteiger charge is -2.40. The Balaban J connectivity index is 1.22. The van der Waals surface area contributed by atoms with Crippen LogP contribution in [-0.4, -0.2) is 98.2 Å². The zero-order chi connectivity index (χ0) is 42.5.